The van der Waals surface area contributed by atoms with Crippen molar-refractivity contribution in [2.45, 2.75) is 24.5 Å². The first-order valence-corrected chi connectivity index (χ1v) is 8.38. The average molecular weight is 394 g/mol. The molecule has 1 saturated heterocycles. The third-order valence-corrected chi connectivity index (χ3v) is 5.27. The summed E-state index contributed by atoms with van der Waals surface area (Å²) >= 11 is 8.51. The van der Waals surface area contributed by atoms with Crippen LogP contribution in [0, 0.1) is 0 Å². The maximum absolute atomic E-state index is 12.1. The molecule has 1 aromatic rings. The van der Waals surface area contributed by atoms with Crippen molar-refractivity contribution in [1.29, 1.82) is 0 Å². The van der Waals surface area contributed by atoms with Gasteiger partial charge in [0.25, 0.3) is 0 Å². The van der Waals surface area contributed by atoms with Gasteiger partial charge >= 0.3 is 0 Å². The zero-order valence-corrected chi connectivity index (χ0v) is 13.7. The molecule has 0 aliphatic carbocycles. The number of anilines is 2. The molecule has 1 aliphatic rings. The Kier molecular flexibility index (Phi) is 4.98. The Bertz CT molecular complexity index is 438. The van der Waals surface area contributed by atoms with E-state index in [9.17, 15) is 4.79 Å². The standard InChI is InChI=1S/C12H14Br2N2OS/c13-7-5-8(14)11(9(15)6-7)16-12(17)10-3-1-2-4-18-10/h5-6,10H,1-4,15H2,(H,16,17). The van der Waals surface area contributed by atoms with Gasteiger partial charge in [0.05, 0.1) is 16.6 Å². The van der Waals surface area contributed by atoms with E-state index in [1.807, 2.05) is 6.07 Å². The fourth-order valence-corrected chi connectivity index (χ4v) is 4.43. The van der Waals surface area contributed by atoms with Crippen LogP contribution < -0.4 is 11.1 Å². The first kappa shape index (κ1) is 14.2. The van der Waals surface area contributed by atoms with E-state index >= 15 is 0 Å². The van der Waals surface area contributed by atoms with E-state index < -0.39 is 0 Å². The molecule has 1 atom stereocenters. The van der Waals surface area contributed by atoms with Crippen molar-refractivity contribution < 1.29 is 4.79 Å². The van der Waals surface area contributed by atoms with E-state index in [0.29, 0.717) is 11.4 Å². The van der Waals surface area contributed by atoms with Crippen molar-refractivity contribution in [3.63, 3.8) is 0 Å². The highest BCUT2D eigenvalue weighted by atomic mass is 79.9. The lowest BCUT2D eigenvalue weighted by Gasteiger charge is -2.21. The molecule has 1 heterocycles. The van der Waals surface area contributed by atoms with E-state index in [0.717, 1.165) is 27.5 Å². The van der Waals surface area contributed by atoms with Gasteiger partial charge in [-0.2, -0.15) is 0 Å². The second-order valence-electron chi connectivity index (χ2n) is 4.20. The number of hydrogen-bond donors (Lipinski definition) is 2. The Hall–Kier alpha value is -0.200. The second kappa shape index (κ2) is 6.30. The van der Waals surface area contributed by atoms with Crippen LogP contribution in [0.2, 0.25) is 0 Å². The molecule has 0 spiro atoms. The third kappa shape index (κ3) is 3.42. The van der Waals surface area contributed by atoms with E-state index in [2.05, 4.69) is 37.2 Å². The SMILES string of the molecule is Nc1cc(Br)cc(Br)c1NC(=O)C1CCCCS1. The number of halogens is 2. The average Bonchev–Trinajstić information content (AvgIpc) is 2.34. The first-order valence-electron chi connectivity index (χ1n) is 5.75. The molecule has 1 amide bonds. The molecule has 0 aromatic heterocycles. The minimum absolute atomic E-state index is 0.0497. The number of nitrogens with two attached hydrogens (primary N) is 1. The topological polar surface area (TPSA) is 55.1 Å². The fourth-order valence-electron chi connectivity index (χ4n) is 1.88. The van der Waals surface area contributed by atoms with Crippen LogP contribution in [0.5, 0.6) is 0 Å². The summed E-state index contributed by atoms with van der Waals surface area (Å²) in [6, 6.07) is 3.66. The van der Waals surface area contributed by atoms with E-state index in [1.165, 1.54) is 6.42 Å². The molecule has 98 valence electrons. The van der Waals surface area contributed by atoms with Crippen molar-refractivity contribution in [3.8, 4) is 0 Å². The molecular weight excluding hydrogens is 380 g/mol. The lowest BCUT2D eigenvalue weighted by atomic mass is 10.1. The van der Waals surface area contributed by atoms with Gasteiger partial charge in [-0.15, -0.1) is 11.8 Å². The molecule has 2 rings (SSSR count). The largest absolute Gasteiger partial charge is 0.397 e. The van der Waals surface area contributed by atoms with E-state index in [1.54, 1.807) is 17.8 Å². The minimum atomic E-state index is 0.0497. The van der Waals surface area contributed by atoms with Gasteiger partial charge in [0.1, 0.15) is 0 Å². The first-order chi connectivity index (χ1) is 8.58. The highest BCUT2D eigenvalue weighted by molar-refractivity contribution is 9.11. The van der Waals surface area contributed by atoms with Crippen molar-refractivity contribution in [2.24, 2.45) is 0 Å². The van der Waals surface area contributed by atoms with Crippen LogP contribution in [0.1, 0.15) is 19.3 Å². The van der Waals surface area contributed by atoms with Gasteiger partial charge in [0.15, 0.2) is 0 Å². The zero-order chi connectivity index (χ0) is 13.1. The summed E-state index contributed by atoms with van der Waals surface area (Å²) in [7, 11) is 0. The lowest BCUT2D eigenvalue weighted by molar-refractivity contribution is -0.115. The number of benzene rings is 1. The highest BCUT2D eigenvalue weighted by Crippen LogP contribution is 2.34. The normalized spacial score (nSPS) is 19.6. The molecule has 1 fully saturated rings. The van der Waals surface area contributed by atoms with Crippen LogP contribution >= 0.6 is 43.6 Å². The van der Waals surface area contributed by atoms with Crippen LogP contribution in [-0.2, 0) is 4.79 Å². The number of nitrogen functional groups attached to an aromatic ring is 1. The molecule has 0 saturated carbocycles. The quantitative estimate of drug-likeness (QED) is 0.746. The molecule has 6 heteroatoms. The number of hydrogen-bond acceptors (Lipinski definition) is 3. The predicted octanol–water partition coefficient (Wildman–Crippen LogP) is 4.02. The smallest absolute Gasteiger partial charge is 0.237 e. The summed E-state index contributed by atoms with van der Waals surface area (Å²) in [5, 5.41) is 2.97. The minimum Gasteiger partial charge on any atom is -0.397 e. The lowest BCUT2D eigenvalue weighted by Crippen LogP contribution is -2.28. The second-order valence-corrected chi connectivity index (χ2v) is 7.28. The maximum atomic E-state index is 12.1. The van der Waals surface area contributed by atoms with Gasteiger partial charge in [0.2, 0.25) is 5.91 Å². The summed E-state index contributed by atoms with van der Waals surface area (Å²) in [6.45, 7) is 0. The molecule has 18 heavy (non-hydrogen) atoms. The Morgan fingerprint density at radius 3 is 2.78 bits per heavy atom. The van der Waals surface area contributed by atoms with Crippen LogP contribution in [0.3, 0.4) is 0 Å². The molecule has 0 bridgehead atoms. The maximum Gasteiger partial charge on any atom is 0.237 e. The van der Waals surface area contributed by atoms with Crippen LogP contribution in [0.15, 0.2) is 21.1 Å². The van der Waals surface area contributed by atoms with Crippen LogP contribution in [0.4, 0.5) is 11.4 Å². The number of rotatable bonds is 2. The number of carbonyl (C=O) groups excluding carboxylic acids is 1. The zero-order valence-electron chi connectivity index (χ0n) is 9.71. The Labute approximate surface area is 128 Å². The number of thioether (sulfide) groups is 1. The molecule has 1 aromatic carbocycles. The summed E-state index contributed by atoms with van der Waals surface area (Å²) in [5.74, 6) is 1.11. The monoisotopic (exact) mass is 392 g/mol. The van der Waals surface area contributed by atoms with Crippen molar-refractivity contribution >= 4 is 60.9 Å². The number of nitrogens with one attached hydrogen (secondary N) is 1. The Balaban J connectivity index is 2.11. The Morgan fingerprint density at radius 2 is 2.17 bits per heavy atom. The van der Waals surface area contributed by atoms with Gasteiger partial charge in [0, 0.05) is 8.95 Å². The predicted molar refractivity (Wildman–Crippen MR) is 85.0 cm³/mol. The number of amides is 1. The van der Waals surface area contributed by atoms with Gasteiger partial charge in [-0.1, -0.05) is 22.4 Å². The van der Waals surface area contributed by atoms with Crippen molar-refractivity contribution in [1.82, 2.24) is 0 Å². The van der Waals surface area contributed by atoms with Crippen molar-refractivity contribution in [3.05, 3.63) is 21.1 Å². The van der Waals surface area contributed by atoms with Crippen LogP contribution in [-0.4, -0.2) is 16.9 Å². The van der Waals surface area contributed by atoms with Gasteiger partial charge < -0.3 is 11.1 Å². The molecule has 1 aliphatic heterocycles. The number of carbonyl (C=O) groups is 1. The van der Waals surface area contributed by atoms with E-state index in [4.69, 9.17) is 5.73 Å². The van der Waals surface area contributed by atoms with Crippen LogP contribution in [0.25, 0.3) is 0 Å². The van der Waals surface area contributed by atoms with Gasteiger partial charge in [-0.3, -0.25) is 4.79 Å². The summed E-state index contributed by atoms with van der Waals surface area (Å²) in [4.78, 5) is 12.1. The molecule has 3 N–H and O–H groups in total. The molecule has 1 unspecified atom stereocenters. The molecule has 0 radical (unpaired) electrons. The summed E-state index contributed by atoms with van der Waals surface area (Å²) in [6.07, 6.45) is 3.28. The summed E-state index contributed by atoms with van der Waals surface area (Å²) in [5.41, 5.74) is 7.14. The van der Waals surface area contributed by atoms with Gasteiger partial charge in [-0.25, -0.2) is 0 Å². The van der Waals surface area contributed by atoms with Crippen molar-refractivity contribution in [2.75, 3.05) is 16.8 Å². The van der Waals surface area contributed by atoms with E-state index in [-0.39, 0.29) is 11.2 Å². The third-order valence-electron chi connectivity index (χ3n) is 2.81. The fraction of sp³-hybridized carbons (Fsp3) is 0.417. The molecule has 3 nitrogen and oxygen atoms in total. The summed E-state index contributed by atoms with van der Waals surface area (Å²) < 4.78 is 1.68. The highest BCUT2D eigenvalue weighted by Gasteiger charge is 2.22. The van der Waals surface area contributed by atoms with Gasteiger partial charge in [-0.05, 0) is 46.7 Å². The molecular formula is C12H14Br2N2OS. The Morgan fingerprint density at radius 1 is 1.39 bits per heavy atom.